The van der Waals surface area contributed by atoms with Crippen molar-refractivity contribution >= 4 is 34.0 Å². The molecule has 0 heterocycles. The van der Waals surface area contributed by atoms with Gasteiger partial charge < -0.3 is 9.47 Å². The van der Waals surface area contributed by atoms with Crippen molar-refractivity contribution in [3.05, 3.63) is 93.5 Å². The molecule has 0 bridgehead atoms. The molecule has 0 saturated carbocycles. The largest absolute Gasteiger partial charge is 0.483 e. The molecule has 0 aliphatic carbocycles. The number of nitrogens with zero attached hydrogens (tertiary/aromatic N) is 1. The van der Waals surface area contributed by atoms with Gasteiger partial charge in [-0.15, -0.1) is 0 Å². The van der Waals surface area contributed by atoms with Crippen LogP contribution in [0, 0.1) is 6.92 Å². The maximum absolute atomic E-state index is 12.4. The molecule has 1 N–H and O–H groups in total. The van der Waals surface area contributed by atoms with Gasteiger partial charge in [-0.2, -0.15) is 5.10 Å². The van der Waals surface area contributed by atoms with Crippen molar-refractivity contribution in [3.8, 4) is 11.5 Å². The minimum absolute atomic E-state index is 0.149. The van der Waals surface area contributed by atoms with Crippen LogP contribution in [0.15, 0.2) is 76.3 Å². The van der Waals surface area contributed by atoms with E-state index < -0.39 is 5.97 Å². The predicted octanol–water partition coefficient (Wildman–Crippen LogP) is 5.63. The molecule has 0 unspecified atom stereocenters. The molecule has 3 aromatic rings. The molecule has 170 valence electrons. The average molecular weight is 509 g/mol. The van der Waals surface area contributed by atoms with Crippen LogP contribution in [0.1, 0.15) is 46.8 Å². The van der Waals surface area contributed by atoms with Crippen molar-refractivity contribution in [2.24, 2.45) is 5.10 Å². The summed E-state index contributed by atoms with van der Waals surface area (Å²) in [5, 5.41) is 3.97. The van der Waals surface area contributed by atoms with Gasteiger partial charge in [0.25, 0.3) is 5.91 Å². The van der Waals surface area contributed by atoms with Gasteiger partial charge in [-0.25, -0.2) is 10.2 Å². The van der Waals surface area contributed by atoms with Crippen LogP contribution in [0.2, 0.25) is 0 Å². The quantitative estimate of drug-likeness (QED) is 0.185. The van der Waals surface area contributed by atoms with Gasteiger partial charge in [0, 0.05) is 4.47 Å². The molecule has 0 radical (unpaired) electrons. The van der Waals surface area contributed by atoms with Gasteiger partial charge >= 0.3 is 5.97 Å². The molecule has 0 spiro atoms. The number of nitrogens with one attached hydrogen (secondary N) is 1. The summed E-state index contributed by atoms with van der Waals surface area (Å²) in [6, 6.07) is 19.8. The lowest BCUT2D eigenvalue weighted by Gasteiger charge is -2.14. The van der Waals surface area contributed by atoms with E-state index in [4.69, 9.17) is 9.47 Å². The van der Waals surface area contributed by atoms with Gasteiger partial charge in [-0.3, -0.25) is 4.79 Å². The zero-order chi connectivity index (χ0) is 23.8. The zero-order valence-electron chi connectivity index (χ0n) is 18.7. The Morgan fingerprint density at radius 3 is 2.61 bits per heavy atom. The molecule has 6 nitrogen and oxygen atoms in total. The van der Waals surface area contributed by atoms with E-state index in [1.54, 1.807) is 42.5 Å². The Labute approximate surface area is 201 Å². The first-order chi connectivity index (χ1) is 15.8. The van der Waals surface area contributed by atoms with Crippen LogP contribution >= 0.6 is 15.9 Å². The summed E-state index contributed by atoms with van der Waals surface area (Å²) in [7, 11) is 0. The number of ether oxygens (including phenoxy) is 2. The Bertz CT molecular complexity index is 1170. The molecule has 33 heavy (non-hydrogen) atoms. The lowest BCUT2D eigenvalue weighted by Crippen LogP contribution is -2.25. The number of carbonyl (C=O) groups is 2. The van der Waals surface area contributed by atoms with E-state index in [0.29, 0.717) is 27.1 Å². The number of halogens is 1. The van der Waals surface area contributed by atoms with Crippen molar-refractivity contribution in [2.75, 3.05) is 6.61 Å². The molecular weight excluding hydrogens is 484 g/mol. The first-order valence-electron chi connectivity index (χ1n) is 10.5. The minimum Gasteiger partial charge on any atom is -0.483 e. The molecule has 3 rings (SSSR count). The summed E-state index contributed by atoms with van der Waals surface area (Å²) in [6.45, 7) is 5.98. The van der Waals surface area contributed by atoms with Crippen LogP contribution in [0.4, 0.5) is 0 Å². The number of amides is 1. The number of carbonyl (C=O) groups excluding carboxylic acids is 2. The number of hydrogen-bond acceptors (Lipinski definition) is 5. The standard InChI is InChI=1S/C26H25BrN2O4/c1-17(2)21-12-11-18(3)13-24(21)32-16-25(30)29-28-15-19-7-6-8-20(14-19)33-26(31)22-9-4-5-10-23(22)27/h4-15,17H,16H2,1-3H3,(H,29,30). The highest BCUT2D eigenvalue weighted by molar-refractivity contribution is 9.10. The molecule has 1 amide bonds. The van der Waals surface area contributed by atoms with Gasteiger partial charge in [0.2, 0.25) is 0 Å². The summed E-state index contributed by atoms with van der Waals surface area (Å²) in [5.74, 6) is 0.502. The summed E-state index contributed by atoms with van der Waals surface area (Å²) in [6.07, 6.45) is 1.47. The van der Waals surface area contributed by atoms with Crippen LogP contribution in [-0.2, 0) is 4.79 Å². The highest BCUT2D eigenvalue weighted by atomic mass is 79.9. The molecular formula is C26H25BrN2O4. The lowest BCUT2D eigenvalue weighted by atomic mass is 10.0. The van der Waals surface area contributed by atoms with Gasteiger partial charge in [-0.1, -0.05) is 50.2 Å². The normalized spacial score (nSPS) is 10.9. The van der Waals surface area contributed by atoms with E-state index in [1.165, 1.54) is 6.21 Å². The van der Waals surface area contributed by atoms with Crippen molar-refractivity contribution < 1.29 is 19.1 Å². The Hall–Kier alpha value is -3.45. The molecule has 0 fully saturated rings. The second-order valence-corrected chi connectivity index (χ2v) is 8.57. The molecule has 7 heteroatoms. The van der Waals surface area contributed by atoms with Crippen LogP contribution in [-0.4, -0.2) is 24.7 Å². The van der Waals surface area contributed by atoms with Crippen LogP contribution in [0.5, 0.6) is 11.5 Å². The fourth-order valence-electron chi connectivity index (χ4n) is 3.05. The summed E-state index contributed by atoms with van der Waals surface area (Å²) in [5.41, 5.74) is 5.65. The fraction of sp³-hybridized carbons (Fsp3) is 0.192. The third kappa shape index (κ3) is 7.02. The molecule has 0 atom stereocenters. The second kappa shape index (κ2) is 11.4. The maximum atomic E-state index is 12.4. The summed E-state index contributed by atoms with van der Waals surface area (Å²) < 4.78 is 11.8. The van der Waals surface area contributed by atoms with Crippen molar-refractivity contribution in [3.63, 3.8) is 0 Å². The summed E-state index contributed by atoms with van der Waals surface area (Å²) >= 11 is 3.34. The third-order valence-corrected chi connectivity index (χ3v) is 5.41. The topological polar surface area (TPSA) is 77.0 Å². The maximum Gasteiger partial charge on any atom is 0.344 e. The summed E-state index contributed by atoms with van der Waals surface area (Å²) in [4.78, 5) is 24.5. The first kappa shape index (κ1) is 24.2. The van der Waals surface area contributed by atoms with E-state index in [9.17, 15) is 9.59 Å². The zero-order valence-corrected chi connectivity index (χ0v) is 20.3. The average Bonchev–Trinajstić information content (AvgIpc) is 2.78. The van der Waals surface area contributed by atoms with Crippen LogP contribution in [0.3, 0.4) is 0 Å². The van der Waals surface area contributed by atoms with E-state index in [1.807, 2.05) is 31.2 Å². The Balaban J connectivity index is 1.55. The molecule has 3 aromatic carbocycles. The molecule has 0 aromatic heterocycles. The smallest absolute Gasteiger partial charge is 0.344 e. The molecule has 0 saturated heterocycles. The van der Waals surface area contributed by atoms with Crippen molar-refractivity contribution in [1.82, 2.24) is 5.43 Å². The van der Waals surface area contributed by atoms with Gasteiger partial charge in [0.15, 0.2) is 6.61 Å². The highest BCUT2D eigenvalue weighted by Crippen LogP contribution is 2.27. The fourth-order valence-corrected chi connectivity index (χ4v) is 3.49. The highest BCUT2D eigenvalue weighted by Gasteiger charge is 2.12. The lowest BCUT2D eigenvalue weighted by molar-refractivity contribution is -0.123. The van der Waals surface area contributed by atoms with Crippen LogP contribution < -0.4 is 14.9 Å². The number of esters is 1. The van der Waals surface area contributed by atoms with Gasteiger partial charge in [-0.05, 0) is 75.8 Å². The van der Waals surface area contributed by atoms with Gasteiger partial charge in [0.1, 0.15) is 11.5 Å². The second-order valence-electron chi connectivity index (χ2n) is 7.72. The van der Waals surface area contributed by atoms with Crippen LogP contribution in [0.25, 0.3) is 0 Å². The van der Waals surface area contributed by atoms with E-state index >= 15 is 0 Å². The number of rotatable bonds is 8. The minimum atomic E-state index is -0.473. The first-order valence-corrected chi connectivity index (χ1v) is 11.2. The Kier molecular flexibility index (Phi) is 8.38. The molecule has 0 aliphatic heterocycles. The Morgan fingerprint density at radius 2 is 1.85 bits per heavy atom. The monoisotopic (exact) mass is 508 g/mol. The number of aryl methyl sites for hydroxylation is 1. The number of benzene rings is 3. The van der Waals surface area contributed by atoms with Gasteiger partial charge in [0.05, 0.1) is 11.8 Å². The van der Waals surface area contributed by atoms with Crippen molar-refractivity contribution in [1.29, 1.82) is 0 Å². The van der Waals surface area contributed by atoms with E-state index in [-0.39, 0.29) is 18.4 Å². The number of hydrazone groups is 1. The van der Waals surface area contributed by atoms with E-state index in [2.05, 4.69) is 40.3 Å². The van der Waals surface area contributed by atoms with Crippen molar-refractivity contribution in [2.45, 2.75) is 26.7 Å². The SMILES string of the molecule is Cc1ccc(C(C)C)c(OCC(=O)NN=Cc2cccc(OC(=O)c3ccccc3Br)c2)c1. The predicted molar refractivity (Wildman–Crippen MR) is 132 cm³/mol. The third-order valence-electron chi connectivity index (χ3n) is 4.72. The Morgan fingerprint density at radius 1 is 1.06 bits per heavy atom. The molecule has 0 aliphatic rings. The number of hydrogen-bond donors (Lipinski definition) is 1. The van der Waals surface area contributed by atoms with E-state index in [0.717, 1.165) is 11.1 Å².